The summed E-state index contributed by atoms with van der Waals surface area (Å²) < 4.78 is 0. The molecule has 9 nitrogen and oxygen atoms in total. The summed E-state index contributed by atoms with van der Waals surface area (Å²) in [6.07, 6.45) is 11.2. The second kappa shape index (κ2) is 13.3. The minimum absolute atomic E-state index is 0.0402. The maximum absolute atomic E-state index is 12.2. The Hall–Kier alpha value is -2.13. The molecule has 1 aliphatic heterocycles. The van der Waals surface area contributed by atoms with Crippen LogP contribution in [-0.4, -0.2) is 52.9 Å². The molecule has 0 aromatic carbocycles. The van der Waals surface area contributed by atoms with Crippen molar-refractivity contribution in [1.82, 2.24) is 25.5 Å². The molecule has 0 atom stereocenters. The fourth-order valence-electron chi connectivity index (χ4n) is 3.86. The highest BCUT2D eigenvalue weighted by atomic mass is 35.5. The largest absolute Gasteiger partial charge is 0.382 e. The van der Waals surface area contributed by atoms with E-state index in [2.05, 4.69) is 32.4 Å². The molecular formula is C21H37ClN8O. The molecule has 0 spiro atoms. The van der Waals surface area contributed by atoms with Gasteiger partial charge in [0, 0.05) is 6.54 Å². The van der Waals surface area contributed by atoms with Crippen molar-refractivity contribution >= 4 is 35.1 Å². The zero-order chi connectivity index (χ0) is 22.6. The third-order valence-electron chi connectivity index (χ3n) is 5.73. The Morgan fingerprint density at radius 1 is 1.13 bits per heavy atom. The summed E-state index contributed by atoms with van der Waals surface area (Å²) >= 11 is 5.78. The third kappa shape index (κ3) is 8.86. The van der Waals surface area contributed by atoms with E-state index in [0.717, 1.165) is 18.8 Å². The standard InChI is InChI=1S/C21H37ClN8O/c1-2-3-4-7-12-30-13-9-15(10-14-30)8-5-6-11-26-21(25)29-20(31)16-18(23)28-19(24)17(22)27-16/h15H,2-14H2,1H3,(H4,23,24,28)(H3,25,26,29,31). The molecule has 10 heteroatoms. The first kappa shape index (κ1) is 25.1. The van der Waals surface area contributed by atoms with Crippen molar-refractivity contribution < 1.29 is 4.79 Å². The van der Waals surface area contributed by atoms with Gasteiger partial charge < -0.3 is 21.7 Å². The summed E-state index contributed by atoms with van der Waals surface area (Å²) in [5.74, 6) is -0.106. The number of hydrogen-bond acceptors (Lipinski definition) is 7. The van der Waals surface area contributed by atoms with E-state index >= 15 is 0 Å². The summed E-state index contributed by atoms with van der Waals surface area (Å²) in [6, 6.07) is 0. The number of carbonyl (C=O) groups excluding carboxylic acids is 1. The van der Waals surface area contributed by atoms with Crippen molar-refractivity contribution in [3.63, 3.8) is 0 Å². The predicted molar refractivity (Wildman–Crippen MR) is 126 cm³/mol. The first-order chi connectivity index (χ1) is 14.9. The van der Waals surface area contributed by atoms with Gasteiger partial charge in [-0.2, -0.15) is 0 Å². The number of hydrogen-bond donors (Lipinski definition) is 5. The van der Waals surface area contributed by atoms with Crippen LogP contribution in [-0.2, 0) is 0 Å². The van der Waals surface area contributed by atoms with E-state index in [1.165, 1.54) is 64.6 Å². The Bertz CT molecular complexity index is 722. The van der Waals surface area contributed by atoms with E-state index in [4.69, 9.17) is 28.5 Å². The lowest BCUT2D eigenvalue weighted by Gasteiger charge is -2.32. The second-order valence-corrected chi connectivity index (χ2v) is 8.59. The van der Waals surface area contributed by atoms with E-state index in [0.29, 0.717) is 6.54 Å². The van der Waals surface area contributed by atoms with Crippen LogP contribution in [0.1, 0.15) is 75.2 Å². The van der Waals surface area contributed by atoms with E-state index < -0.39 is 5.91 Å². The lowest BCUT2D eigenvalue weighted by atomic mass is 9.91. The number of nitrogens with zero attached hydrogens (tertiary/aromatic N) is 3. The first-order valence-corrected chi connectivity index (χ1v) is 11.7. The summed E-state index contributed by atoms with van der Waals surface area (Å²) in [5.41, 5.74) is 11.0. The quantitative estimate of drug-likeness (QED) is 0.197. The van der Waals surface area contributed by atoms with Crippen molar-refractivity contribution in [1.29, 1.82) is 5.41 Å². The summed E-state index contributed by atoms with van der Waals surface area (Å²) in [5, 5.41) is 13.1. The van der Waals surface area contributed by atoms with Gasteiger partial charge in [-0.3, -0.25) is 15.5 Å². The maximum atomic E-state index is 12.2. The number of carbonyl (C=O) groups is 1. The number of anilines is 2. The highest BCUT2D eigenvalue weighted by Crippen LogP contribution is 2.23. The lowest BCUT2D eigenvalue weighted by molar-refractivity contribution is 0.0971. The van der Waals surface area contributed by atoms with Crippen LogP contribution in [0, 0.1) is 11.3 Å². The molecule has 1 fully saturated rings. The van der Waals surface area contributed by atoms with Gasteiger partial charge >= 0.3 is 0 Å². The molecule has 1 aliphatic rings. The number of guanidine groups is 1. The van der Waals surface area contributed by atoms with Crippen LogP contribution in [0.3, 0.4) is 0 Å². The van der Waals surface area contributed by atoms with Crippen LogP contribution in [0.25, 0.3) is 0 Å². The fraction of sp³-hybridized carbons (Fsp3) is 0.714. The Kier molecular flexibility index (Phi) is 10.8. The van der Waals surface area contributed by atoms with Crippen molar-refractivity contribution in [2.45, 2.75) is 64.7 Å². The number of amides is 1. The van der Waals surface area contributed by atoms with Crippen LogP contribution in [0.4, 0.5) is 11.6 Å². The van der Waals surface area contributed by atoms with Gasteiger partial charge in [0.05, 0.1) is 0 Å². The van der Waals surface area contributed by atoms with Gasteiger partial charge in [-0.15, -0.1) is 0 Å². The van der Waals surface area contributed by atoms with Crippen LogP contribution in [0.15, 0.2) is 0 Å². The number of halogens is 1. The zero-order valence-electron chi connectivity index (χ0n) is 18.6. The Balaban J connectivity index is 1.55. The van der Waals surface area contributed by atoms with Crippen molar-refractivity contribution in [2.24, 2.45) is 5.92 Å². The van der Waals surface area contributed by atoms with E-state index in [1.807, 2.05) is 0 Å². The fourth-order valence-corrected chi connectivity index (χ4v) is 3.98. The van der Waals surface area contributed by atoms with Crippen LogP contribution >= 0.6 is 11.6 Å². The molecule has 0 aliphatic carbocycles. The molecule has 7 N–H and O–H groups in total. The maximum Gasteiger partial charge on any atom is 0.280 e. The van der Waals surface area contributed by atoms with Crippen LogP contribution < -0.4 is 22.1 Å². The van der Waals surface area contributed by atoms with Crippen LogP contribution in [0.2, 0.25) is 5.15 Å². The van der Waals surface area contributed by atoms with Crippen LogP contribution in [0.5, 0.6) is 0 Å². The summed E-state index contributed by atoms with van der Waals surface area (Å²) in [6.45, 7) is 6.59. The molecule has 31 heavy (non-hydrogen) atoms. The minimum atomic E-state index is -0.647. The Morgan fingerprint density at radius 3 is 2.58 bits per heavy atom. The predicted octanol–water partition coefficient (Wildman–Crippen LogP) is 3.01. The van der Waals surface area contributed by atoms with Gasteiger partial charge in [0.25, 0.3) is 5.91 Å². The number of likely N-dealkylation sites (tertiary alicyclic amines) is 1. The molecule has 2 heterocycles. The van der Waals surface area contributed by atoms with Gasteiger partial charge in [0.2, 0.25) is 0 Å². The number of unbranched alkanes of at least 4 members (excludes halogenated alkanes) is 4. The molecule has 2 rings (SSSR count). The second-order valence-electron chi connectivity index (χ2n) is 8.23. The molecule has 0 saturated carbocycles. The van der Waals surface area contributed by atoms with Crippen molar-refractivity contribution in [3.05, 3.63) is 10.8 Å². The van der Waals surface area contributed by atoms with Gasteiger partial charge in [-0.25, -0.2) is 9.97 Å². The molecule has 0 unspecified atom stereocenters. The number of rotatable bonds is 11. The smallest absolute Gasteiger partial charge is 0.280 e. The van der Waals surface area contributed by atoms with Crippen molar-refractivity contribution in [3.8, 4) is 0 Å². The molecule has 0 bridgehead atoms. The average molecular weight is 453 g/mol. The Labute approximate surface area is 190 Å². The molecule has 174 valence electrons. The van der Waals surface area contributed by atoms with Gasteiger partial charge in [-0.1, -0.05) is 50.6 Å². The van der Waals surface area contributed by atoms with Crippen molar-refractivity contribution in [2.75, 3.05) is 37.6 Å². The monoisotopic (exact) mass is 452 g/mol. The topological polar surface area (TPSA) is 146 Å². The highest BCUT2D eigenvalue weighted by molar-refractivity contribution is 6.31. The normalized spacial score (nSPS) is 15.0. The van der Waals surface area contributed by atoms with E-state index in [1.54, 1.807) is 0 Å². The number of nitrogen functional groups attached to an aromatic ring is 2. The number of nitrogens with one attached hydrogen (secondary N) is 3. The van der Waals surface area contributed by atoms with E-state index in [9.17, 15) is 4.79 Å². The summed E-state index contributed by atoms with van der Waals surface area (Å²) in [4.78, 5) is 22.4. The average Bonchev–Trinajstić information content (AvgIpc) is 2.74. The third-order valence-corrected chi connectivity index (χ3v) is 6.01. The molecule has 1 saturated heterocycles. The van der Waals surface area contributed by atoms with Gasteiger partial charge in [0.1, 0.15) is 0 Å². The molecule has 1 aromatic heterocycles. The molecule has 1 amide bonds. The number of aromatic nitrogens is 2. The van der Waals surface area contributed by atoms with E-state index in [-0.39, 0.29) is 28.4 Å². The minimum Gasteiger partial charge on any atom is -0.382 e. The molecular weight excluding hydrogens is 416 g/mol. The SMILES string of the molecule is CCCCCCN1CCC(CCCCNC(=N)NC(=O)c2nc(Cl)c(N)nc2N)CC1. The highest BCUT2D eigenvalue weighted by Gasteiger charge is 2.19. The lowest BCUT2D eigenvalue weighted by Crippen LogP contribution is -2.41. The molecule has 0 radical (unpaired) electrons. The molecule has 1 aromatic rings. The van der Waals surface area contributed by atoms with Gasteiger partial charge in [-0.05, 0) is 51.2 Å². The summed E-state index contributed by atoms with van der Waals surface area (Å²) in [7, 11) is 0. The van der Waals surface area contributed by atoms with Gasteiger partial charge in [0.15, 0.2) is 28.4 Å². The number of nitrogens with two attached hydrogens (primary N) is 2. The zero-order valence-corrected chi connectivity index (χ0v) is 19.3. The number of piperidine rings is 1. The Morgan fingerprint density at radius 2 is 1.87 bits per heavy atom. The first-order valence-electron chi connectivity index (χ1n) is 11.3.